The summed E-state index contributed by atoms with van der Waals surface area (Å²) in [6, 6.07) is 17.0. The number of nitrogens with zero attached hydrogens (tertiary/aromatic N) is 4. The summed E-state index contributed by atoms with van der Waals surface area (Å²) in [7, 11) is 0. The Morgan fingerprint density at radius 2 is 1.87 bits per heavy atom. The molecule has 0 unspecified atom stereocenters. The van der Waals surface area contributed by atoms with Gasteiger partial charge in [-0.05, 0) is 30.3 Å². The molecule has 7 nitrogen and oxygen atoms in total. The molecule has 0 bridgehead atoms. The fraction of sp³-hybridized carbons (Fsp3) is 0.318. The van der Waals surface area contributed by atoms with Crippen molar-refractivity contribution in [1.29, 1.82) is 0 Å². The molecule has 9 heteroatoms. The van der Waals surface area contributed by atoms with Gasteiger partial charge in [0, 0.05) is 43.3 Å². The first-order chi connectivity index (χ1) is 15.2. The summed E-state index contributed by atoms with van der Waals surface area (Å²) in [5.74, 6) is 1.62. The van der Waals surface area contributed by atoms with Gasteiger partial charge < -0.3 is 14.1 Å². The second kappa shape index (κ2) is 10.7. The lowest BCUT2D eigenvalue weighted by atomic mass is 10.2. The molecule has 2 heterocycles. The lowest BCUT2D eigenvalue weighted by molar-refractivity contribution is -0.130. The highest BCUT2D eigenvalue weighted by molar-refractivity contribution is 7.99. The smallest absolute Gasteiger partial charge is 0.277 e. The Labute approximate surface area is 190 Å². The van der Waals surface area contributed by atoms with Crippen LogP contribution in [0.2, 0.25) is 5.02 Å². The number of piperazine rings is 1. The molecule has 1 amide bonds. The fourth-order valence-corrected chi connectivity index (χ4v) is 4.11. The molecule has 1 saturated heterocycles. The van der Waals surface area contributed by atoms with Gasteiger partial charge in [0.25, 0.3) is 5.22 Å². The monoisotopic (exact) mass is 458 g/mol. The van der Waals surface area contributed by atoms with Gasteiger partial charge in [0.1, 0.15) is 12.4 Å². The Bertz CT molecular complexity index is 993. The quantitative estimate of drug-likeness (QED) is 0.476. The summed E-state index contributed by atoms with van der Waals surface area (Å²) >= 11 is 7.26. The highest BCUT2D eigenvalue weighted by Gasteiger charge is 2.22. The highest BCUT2D eigenvalue weighted by Crippen LogP contribution is 2.25. The molecule has 31 heavy (non-hydrogen) atoms. The van der Waals surface area contributed by atoms with Gasteiger partial charge in [0.05, 0.1) is 5.75 Å². The van der Waals surface area contributed by atoms with E-state index in [2.05, 4.69) is 15.1 Å². The molecule has 4 rings (SSSR count). The third-order valence-corrected chi connectivity index (χ3v) is 5.98. The zero-order valence-corrected chi connectivity index (χ0v) is 18.5. The van der Waals surface area contributed by atoms with Crippen molar-refractivity contribution < 1.29 is 13.9 Å². The largest absolute Gasteiger partial charge is 0.492 e. The molecule has 0 saturated carbocycles. The van der Waals surface area contributed by atoms with E-state index in [4.69, 9.17) is 20.8 Å². The van der Waals surface area contributed by atoms with E-state index < -0.39 is 0 Å². The first-order valence-corrected chi connectivity index (χ1v) is 11.4. The van der Waals surface area contributed by atoms with Crippen LogP contribution < -0.4 is 4.74 Å². The first-order valence-electron chi connectivity index (χ1n) is 10.1. The molecule has 162 valence electrons. The lowest BCUT2D eigenvalue weighted by Gasteiger charge is -2.34. The van der Waals surface area contributed by atoms with Gasteiger partial charge in [0.15, 0.2) is 0 Å². The van der Waals surface area contributed by atoms with Crippen LogP contribution in [0.25, 0.3) is 11.5 Å². The number of aromatic nitrogens is 2. The molecule has 1 fully saturated rings. The van der Waals surface area contributed by atoms with Gasteiger partial charge in [-0.1, -0.05) is 47.6 Å². The maximum Gasteiger partial charge on any atom is 0.277 e. The third kappa shape index (κ3) is 6.22. The number of carbonyl (C=O) groups excluding carboxylic acids is 1. The third-order valence-electron chi connectivity index (χ3n) is 4.94. The van der Waals surface area contributed by atoms with Crippen molar-refractivity contribution in [3.63, 3.8) is 0 Å². The Kier molecular flexibility index (Phi) is 7.45. The minimum absolute atomic E-state index is 0.0766. The van der Waals surface area contributed by atoms with Crippen LogP contribution in [0.5, 0.6) is 5.75 Å². The second-order valence-corrected chi connectivity index (χ2v) is 8.42. The van der Waals surface area contributed by atoms with Crippen molar-refractivity contribution >= 4 is 29.3 Å². The van der Waals surface area contributed by atoms with E-state index in [1.807, 2.05) is 47.4 Å². The standard InChI is InChI=1S/C22H23ClN4O3S/c23-18-6-4-5-17(15-18)21-24-25-22(30-21)31-16-20(28)27-11-9-26(10-12-27)13-14-29-19-7-2-1-3-8-19/h1-8,15H,9-14,16H2. The number of ether oxygens (including phenoxy) is 1. The van der Waals surface area contributed by atoms with Crippen LogP contribution in [0.15, 0.2) is 64.2 Å². The van der Waals surface area contributed by atoms with Crippen LogP contribution >= 0.6 is 23.4 Å². The molecule has 0 N–H and O–H groups in total. The Morgan fingerprint density at radius 3 is 2.65 bits per heavy atom. The minimum atomic E-state index is 0.0766. The van der Waals surface area contributed by atoms with Crippen LogP contribution in [0, 0.1) is 0 Å². The van der Waals surface area contributed by atoms with E-state index in [0.717, 1.165) is 30.9 Å². The van der Waals surface area contributed by atoms with E-state index in [1.165, 1.54) is 11.8 Å². The molecule has 1 aliphatic heterocycles. The highest BCUT2D eigenvalue weighted by atomic mass is 35.5. The predicted molar refractivity (Wildman–Crippen MR) is 120 cm³/mol. The van der Waals surface area contributed by atoms with Crippen molar-refractivity contribution in [3.05, 3.63) is 59.6 Å². The summed E-state index contributed by atoms with van der Waals surface area (Å²) in [4.78, 5) is 16.8. The second-order valence-electron chi connectivity index (χ2n) is 7.06. The molecule has 2 aromatic carbocycles. The summed E-state index contributed by atoms with van der Waals surface area (Å²) in [6.07, 6.45) is 0. The Balaban J connectivity index is 1.17. The van der Waals surface area contributed by atoms with Gasteiger partial charge in [-0.25, -0.2) is 0 Å². The number of hydrogen-bond acceptors (Lipinski definition) is 7. The van der Waals surface area contributed by atoms with Gasteiger partial charge >= 0.3 is 0 Å². The molecule has 1 aliphatic rings. The molecule has 0 spiro atoms. The van der Waals surface area contributed by atoms with Crippen molar-refractivity contribution in [2.24, 2.45) is 0 Å². The molecule has 1 aromatic heterocycles. The van der Waals surface area contributed by atoms with E-state index in [0.29, 0.717) is 35.8 Å². The minimum Gasteiger partial charge on any atom is -0.492 e. The van der Waals surface area contributed by atoms with Gasteiger partial charge in [0.2, 0.25) is 11.8 Å². The average molecular weight is 459 g/mol. The van der Waals surface area contributed by atoms with Crippen LogP contribution in [-0.4, -0.2) is 71.0 Å². The van der Waals surface area contributed by atoms with E-state index in [1.54, 1.807) is 12.1 Å². The van der Waals surface area contributed by atoms with Crippen molar-refractivity contribution in [3.8, 4) is 17.2 Å². The number of halogens is 1. The maximum atomic E-state index is 12.6. The summed E-state index contributed by atoms with van der Waals surface area (Å²) < 4.78 is 11.4. The molecule has 0 atom stereocenters. The summed E-state index contributed by atoms with van der Waals surface area (Å²) in [5, 5.41) is 9.04. The number of hydrogen-bond donors (Lipinski definition) is 0. The van der Waals surface area contributed by atoms with Crippen molar-refractivity contribution in [1.82, 2.24) is 20.0 Å². The maximum absolute atomic E-state index is 12.6. The van der Waals surface area contributed by atoms with E-state index in [9.17, 15) is 4.79 Å². The first kappa shape index (κ1) is 21.7. The predicted octanol–water partition coefficient (Wildman–Crippen LogP) is 3.71. The van der Waals surface area contributed by atoms with Crippen LogP contribution in [0.3, 0.4) is 0 Å². The zero-order valence-electron chi connectivity index (χ0n) is 16.9. The zero-order chi connectivity index (χ0) is 21.5. The van der Waals surface area contributed by atoms with Crippen LogP contribution in [0.4, 0.5) is 0 Å². The number of carbonyl (C=O) groups is 1. The molecular formula is C22H23ClN4O3S. The van der Waals surface area contributed by atoms with Gasteiger partial charge in [-0.3, -0.25) is 9.69 Å². The van der Waals surface area contributed by atoms with Crippen LogP contribution in [-0.2, 0) is 4.79 Å². The number of benzene rings is 2. The number of rotatable bonds is 8. The SMILES string of the molecule is O=C(CSc1nnc(-c2cccc(Cl)c2)o1)N1CCN(CCOc2ccccc2)CC1. The van der Waals surface area contributed by atoms with Gasteiger partial charge in [-0.15, -0.1) is 10.2 Å². The fourth-order valence-electron chi connectivity index (χ4n) is 3.25. The summed E-state index contributed by atoms with van der Waals surface area (Å²) in [6.45, 7) is 4.59. The normalized spacial score (nSPS) is 14.5. The van der Waals surface area contributed by atoms with Crippen molar-refractivity contribution in [2.45, 2.75) is 5.22 Å². The number of amides is 1. The van der Waals surface area contributed by atoms with Crippen molar-refractivity contribution in [2.75, 3.05) is 45.1 Å². The van der Waals surface area contributed by atoms with Gasteiger partial charge in [-0.2, -0.15) is 0 Å². The molecule has 3 aromatic rings. The molecular weight excluding hydrogens is 436 g/mol. The number of thioether (sulfide) groups is 1. The summed E-state index contributed by atoms with van der Waals surface area (Å²) in [5.41, 5.74) is 0.755. The lowest BCUT2D eigenvalue weighted by Crippen LogP contribution is -2.50. The Hall–Kier alpha value is -2.55. The van der Waals surface area contributed by atoms with Crippen LogP contribution in [0.1, 0.15) is 0 Å². The van der Waals surface area contributed by atoms with E-state index in [-0.39, 0.29) is 11.7 Å². The number of para-hydroxylation sites is 1. The Morgan fingerprint density at radius 1 is 1.06 bits per heavy atom. The van der Waals surface area contributed by atoms with E-state index >= 15 is 0 Å². The average Bonchev–Trinajstić information content (AvgIpc) is 3.28. The molecule has 0 radical (unpaired) electrons. The molecule has 0 aliphatic carbocycles. The topological polar surface area (TPSA) is 71.7 Å².